The third-order valence-corrected chi connectivity index (χ3v) is 3.14. The number of hydrogen-bond acceptors (Lipinski definition) is 3. The highest BCUT2D eigenvalue weighted by atomic mass is 16.5. The smallest absolute Gasteiger partial charge is 0.237 e. The van der Waals surface area contributed by atoms with Crippen molar-refractivity contribution in [2.24, 2.45) is 0 Å². The first kappa shape index (κ1) is 15.5. The maximum Gasteiger partial charge on any atom is 0.237 e. The van der Waals surface area contributed by atoms with Crippen LogP contribution in [0.1, 0.15) is 32.8 Å². The van der Waals surface area contributed by atoms with E-state index < -0.39 is 0 Å². The first-order valence-electron chi connectivity index (χ1n) is 6.73. The largest absolute Gasteiger partial charge is 0.497 e. The van der Waals surface area contributed by atoms with Gasteiger partial charge < -0.3 is 15.4 Å². The number of hydrogen-bond donors (Lipinski definition) is 2. The lowest BCUT2D eigenvalue weighted by Crippen LogP contribution is -2.45. The van der Waals surface area contributed by atoms with Gasteiger partial charge in [-0.25, -0.2) is 0 Å². The Labute approximate surface area is 115 Å². The minimum Gasteiger partial charge on any atom is -0.497 e. The number of rotatable bonds is 7. The maximum atomic E-state index is 11.9. The molecule has 2 unspecified atom stereocenters. The van der Waals surface area contributed by atoms with Crippen LogP contribution >= 0.6 is 0 Å². The lowest BCUT2D eigenvalue weighted by Gasteiger charge is -2.17. The van der Waals surface area contributed by atoms with Crippen LogP contribution in [0.5, 0.6) is 5.75 Å². The van der Waals surface area contributed by atoms with Crippen LogP contribution in [0.3, 0.4) is 0 Å². The molecule has 0 aliphatic heterocycles. The molecule has 106 valence electrons. The van der Waals surface area contributed by atoms with Crippen molar-refractivity contribution in [2.75, 3.05) is 7.11 Å². The van der Waals surface area contributed by atoms with E-state index in [1.807, 2.05) is 38.1 Å². The first-order chi connectivity index (χ1) is 9.06. The van der Waals surface area contributed by atoms with E-state index >= 15 is 0 Å². The van der Waals surface area contributed by atoms with Gasteiger partial charge in [0.2, 0.25) is 5.91 Å². The normalized spacial score (nSPS) is 13.7. The van der Waals surface area contributed by atoms with Crippen LogP contribution in [-0.4, -0.2) is 25.1 Å². The van der Waals surface area contributed by atoms with E-state index in [9.17, 15) is 4.79 Å². The quantitative estimate of drug-likeness (QED) is 0.793. The van der Waals surface area contributed by atoms with Crippen molar-refractivity contribution < 1.29 is 9.53 Å². The van der Waals surface area contributed by atoms with Crippen molar-refractivity contribution in [3.63, 3.8) is 0 Å². The Bertz CT molecular complexity index is 407. The van der Waals surface area contributed by atoms with Gasteiger partial charge in [-0.3, -0.25) is 4.79 Å². The summed E-state index contributed by atoms with van der Waals surface area (Å²) in [6, 6.07) is 7.83. The number of carbonyl (C=O) groups is 1. The summed E-state index contributed by atoms with van der Waals surface area (Å²) >= 11 is 0. The molecule has 0 radical (unpaired) electrons. The highest BCUT2D eigenvalue weighted by molar-refractivity contribution is 5.81. The number of methoxy groups -OCH3 is 1. The van der Waals surface area contributed by atoms with Crippen molar-refractivity contribution in [2.45, 2.75) is 45.8 Å². The molecule has 0 heterocycles. The number of carbonyl (C=O) groups excluding carboxylic acids is 1. The Kier molecular flexibility index (Phi) is 6.36. The van der Waals surface area contributed by atoms with Gasteiger partial charge in [0.1, 0.15) is 5.75 Å². The number of nitrogens with one attached hydrogen (secondary N) is 2. The van der Waals surface area contributed by atoms with Gasteiger partial charge in [-0.15, -0.1) is 0 Å². The molecule has 19 heavy (non-hydrogen) atoms. The molecule has 1 aromatic rings. The van der Waals surface area contributed by atoms with Gasteiger partial charge in [0.25, 0.3) is 0 Å². The predicted molar refractivity (Wildman–Crippen MR) is 77.2 cm³/mol. The Morgan fingerprint density at radius 2 is 2.11 bits per heavy atom. The topological polar surface area (TPSA) is 50.4 Å². The van der Waals surface area contributed by atoms with Crippen LogP contribution in [0.25, 0.3) is 0 Å². The van der Waals surface area contributed by atoms with Gasteiger partial charge in [0, 0.05) is 12.6 Å². The molecule has 0 aromatic heterocycles. The number of ether oxygens (including phenoxy) is 1. The molecule has 0 spiro atoms. The summed E-state index contributed by atoms with van der Waals surface area (Å²) in [6.45, 7) is 6.58. The molecule has 2 atom stereocenters. The standard InChI is InChI=1S/C15H24N2O2/c1-5-11(2)17-15(18)12(3)16-10-13-7-6-8-14(9-13)19-4/h6-9,11-12,16H,5,10H2,1-4H3,(H,17,18). The summed E-state index contributed by atoms with van der Waals surface area (Å²) in [7, 11) is 1.65. The van der Waals surface area contributed by atoms with Crippen molar-refractivity contribution in [3.8, 4) is 5.75 Å². The molecule has 0 bridgehead atoms. The zero-order valence-electron chi connectivity index (χ0n) is 12.2. The van der Waals surface area contributed by atoms with Gasteiger partial charge in [-0.1, -0.05) is 19.1 Å². The number of benzene rings is 1. The third kappa shape index (κ3) is 5.30. The highest BCUT2D eigenvalue weighted by Crippen LogP contribution is 2.12. The lowest BCUT2D eigenvalue weighted by atomic mass is 10.2. The fourth-order valence-corrected chi connectivity index (χ4v) is 1.62. The third-order valence-electron chi connectivity index (χ3n) is 3.14. The summed E-state index contributed by atoms with van der Waals surface area (Å²) in [5.41, 5.74) is 1.10. The van der Waals surface area contributed by atoms with Crippen LogP contribution in [-0.2, 0) is 11.3 Å². The van der Waals surface area contributed by atoms with Crippen LogP contribution in [0.15, 0.2) is 24.3 Å². The van der Waals surface area contributed by atoms with Crippen molar-refractivity contribution >= 4 is 5.91 Å². The molecule has 0 fully saturated rings. The Morgan fingerprint density at radius 3 is 2.74 bits per heavy atom. The molecule has 0 aliphatic rings. The zero-order chi connectivity index (χ0) is 14.3. The second-order valence-corrected chi connectivity index (χ2v) is 4.77. The van der Waals surface area contributed by atoms with E-state index in [0.717, 1.165) is 17.7 Å². The minimum absolute atomic E-state index is 0.0391. The zero-order valence-corrected chi connectivity index (χ0v) is 12.2. The van der Waals surface area contributed by atoms with Crippen molar-refractivity contribution in [1.82, 2.24) is 10.6 Å². The highest BCUT2D eigenvalue weighted by Gasteiger charge is 2.13. The average Bonchev–Trinajstić information content (AvgIpc) is 2.44. The molecule has 1 aromatic carbocycles. The predicted octanol–water partition coefficient (Wildman–Crippen LogP) is 2.09. The Hall–Kier alpha value is -1.55. The van der Waals surface area contributed by atoms with E-state index in [4.69, 9.17) is 4.74 Å². The fourth-order valence-electron chi connectivity index (χ4n) is 1.62. The van der Waals surface area contributed by atoms with Crippen LogP contribution < -0.4 is 15.4 Å². The number of amides is 1. The molecule has 4 nitrogen and oxygen atoms in total. The first-order valence-corrected chi connectivity index (χ1v) is 6.73. The monoisotopic (exact) mass is 264 g/mol. The van der Waals surface area contributed by atoms with Crippen molar-refractivity contribution in [1.29, 1.82) is 0 Å². The fraction of sp³-hybridized carbons (Fsp3) is 0.533. The molecule has 0 saturated carbocycles. The molecule has 2 N–H and O–H groups in total. The van der Waals surface area contributed by atoms with E-state index in [1.54, 1.807) is 7.11 Å². The summed E-state index contributed by atoms with van der Waals surface area (Å²) < 4.78 is 5.17. The maximum absolute atomic E-state index is 11.9. The van der Waals surface area contributed by atoms with Crippen LogP contribution in [0.2, 0.25) is 0 Å². The Morgan fingerprint density at radius 1 is 1.37 bits per heavy atom. The van der Waals surface area contributed by atoms with Crippen LogP contribution in [0.4, 0.5) is 0 Å². The van der Waals surface area contributed by atoms with Gasteiger partial charge in [0.15, 0.2) is 0 Å². The Balaban J connectivity index is 2.44. The van der Waals surface area contributed by atoms with E-state index in [-0.39, 0.29) is 18.0 Å². The summed E-state index contributed by atoms with van der Waals surface area (Å²) in [4.78, 5) is 11.9. The molecule has 4 heteroatoms. The summed E-state index contributed by atoms with van der Waals surface area (Å²) in [5.74, 6) is 0.869. The van der Waals surface area contributed by atoms with Gasteiger partial charge in [0.05, 0.1) is 13.2 Å². The summed E-state index contributed by atoms with van der Waals surface area (Å²) in [6.07, 6.45) is 0.939. The van der Waals surface area contributed by atoms with Crippen molar-refractivity contribution in [3.05, 3.63) is 29.8 Å². The van der Waals surface area contributed by atoms with E-state index in [0.29, 0.717) is 6.54 Å². The second kappa shape index (κ2) is 7.79. The van der Waals surface area contributed by atoms with Gasteiger partial charge in [-0.2, -0.15) is 0 Å². The average molecular weight is 264 g/mol. The van der Waals surface area contributed by atoms with Gasteiger partial charge >= 0.3 is 0 Å². The minimum atomic E-state index is -0.208. The lowest BCUT2D eigenvalue weighted by molar-refractivity contribution is -0.123. The molecular formula is C15H24N2O2. The SMILES string of the molecule is CCC(C)NC(=O)C(C)NCc1cccc(OC)c1. The summed E-state index contributed by atoms with van der Waals surface area (Å²) in [5, 5.41) is 6.17. The molecule has 0 aliphatic carbocycles. The molecule has 0 saturated heterocycles. The van der Waals surface area contributed by atoms with E-state index in [1.165, 1.54) is 0 Å². The van der Waals surface area contributed by atoms with Crippen LogP contribution in [0, 0.1) is 0 Å². The van der Waals surface area contributed by atoms with E-state index in [2.05, 4.69) is 17.6 Å². The molecular weight excluding hydrogens is 240 g/mol. The molecule has 1 rings (SSSR count). The van der Waals surface area contributed by atoms with Gasteiger partial charge in [-0.05, 0) is 38.0 Å². The molecule has 1 amide bonds. The second-order valence-electron chi connectivity index (χ2n) is 4.77.